The van der Waals surface area contributed by atoms with Gasteiger partial charge in [-0.05, 0) is 19.4 Å². The number of amides is 2. The summed E-state index contributed by atoms with van der Waals surface area (Å²) in [6, 6.07) is 9.79. The van der Waals surface area contributed by atoms with Crippen molar-refractivity contribution in [1.29, 1.82) is 0 Å². The molecule has 0 unspecified atom stereocenters. The first kappa shape index (κ1) is 19.2. The van der Waals surface area contributed by atoms with Crippen LogP contribution in [0, 0.1) is 0 Å². The van der Waals surface area contributed by atoms with Gasteiger partial charge in [-0.2, -0.15) is 0 Å². The first-order valence-corrected chi connectivity index (χ1v) is 8.33. The molecule has 0 fully saturated rings. The molecule has 2 aromatic rings. The second-order valence-corrected chi connectivity index (χ2v) is 5.82. The zero-order valence-electron chi connectivity index (χ0n) is 14.8. The highest BCUT2D eigenvalue weighted by molar-refractivity contribution is 5.87. The van der Waals surface area contributed by atoms with E-state index in [0.29, 0.717) is 6.54 Å². The second-order valence-electron chi connectivity index (χ2n) is 5.82. The summed E-state index contributed by atoms with van der Waals surface area (Å²) in [5, 5.41) is 5.06. The molecule has 138 valence electrons. The lowest BCUT2D eigenvalue weighted by atomic mass is 10.2. The maximum atomic E-state index is 12.5. The van der Waals surface area contributed by atoms with Crippen molar-refractivity contribution in [2.45, 2.75) is 33.0 Å². The van der Waals surface area contributed by atoms with Crippen molar-refractivity contribution in [3.05, 3.63) is 69.0 Å². The molecule has 0 aliphatic rings. The Kier molecular flexibility index (Phi) is 6.48. The number of carbonyl (C=O) groups excluding carboxylic acids is 2. The van der Waals surface area contributed by atoms with Crippen LogP contribution in [0.1, 0.15) is 19.4 Å². The number of aromatic nitrogens is 2. The number of nitrogens with zero attached hydrogens (tertiary/aromatic N) is 2. The van der Waals surface area contributed by atoms with Gasteiger partial charge < -0.3 is 10.6 Å². The van der Waals surface area contributed by atoms with E-state index in [9.17, 15) is 19.2 Å². The number of rotatable bonds is 7. The molecule has 2 amide bonds. The summed E-state index contributed by atoms with van der Waals surface area (Å²) in [5.41, 5.74) is -0.253. The van der Waals surface area contributed by atoms with E-state index in [1.165, 1.54) is 23.8 Å². The molecule has 0 spiro atoms. The highest BCUT2D eigenvalue weighted by Gasteiger charge is 2.16. The van der Waals surface area contributed by atoms with Gasteiger partial charge in [0.25, 0.3) is 5.56 Å². The third-order valence-corrected chi connectivity index (χ3v) is 3.76. The van der Waals surface area contributed by atoms with Crippen molar-refractivity contribution in [1.82, 2.24) is 19.8 Å². The summed E-state index contributed by atoms with van der Waals surface area (Å²) in [7, 11) is 0. The van der Waals surface area contributed by atoms with Crippen molar-refractivity contribution < 1.29 is 9.59 Å². The van der Waals surface area contributed by atoms with Gasteiger partial charge in [0.2, 0.25) is 11.8 Å². The summed E-state index contributed by atoms with van der Waals surface area (Å²) < 4.78 is 2.21. The lowest BCUT2D eigenvalue weighted by Gasteiger charge is -2.14. The quantitative estimate of drug-likeness (QED) is 0.709. The molecule has 1 atom stereocenters. The Morgan fingerprint density at radius 1 is 1.12 bits per heavy atom. The molecule has 8 heteroatoms. The lowest BCUT2D eigenvalue weighted by molar-refractivity contribution is -0.128. The zero-order valence-corrected chi connectivity index (χ0v) is 14.8. The van der Waals surface area contributed by atoms with Crippen molar-refractivity contribution in [3.63, 3.8) is 0 Å². The van der Waals surface area contributed by atoms with Crippen LogP contribution in [0.2, 0.25) is 0 Å². The van der Waals surface area contributed by atoms with Gasteiger partial charge in [0, 0.05) is 18.8 Å². The Bertz CT molecular complexity index is 886. The second kappa shape index (κ2) is 8.80. The molecule has 2 rings (SSSR count). The number of carbonyl (C=O) groups is 2. The van der Waals surface area contributed by atoms with Crippen molar-refractivity contribution in [2.75, 3.05) is 6.54 Å². The number of likely N-dealkylation sites (N-methyl/N-ethyl adjacent to an activating group) is 1. The normalized spacial score (nSPS) is 11.6. The lowest BCUT2D eigenvalue weighted by Crippen LogP contribution is -2.48. The molecule has 0 saturated carbocycles. The molecule has 0 saturated heterocycles. The molecule has 0 aliphatic heterocycles. The van der Waals surface area contributed by atoms with Gasteiger partial charge in [-0.1, -0.05) is 30.3 Å². The van der Waals surface area contributed by atoms with Crippen LogP contribution in [0.4, 0.5) is 0 Å². The number of nitrogens with one attached hydrogen (secondary N) is 2. The first-order valence-electron chi connectivity index (χ1n) is 8.33. The van der Waals surface area contributed by atoms with Crippen molar-refractivity contribution >= 4 is 11.8 Å². The molecule has 0 radical (unpaired) electrons. The molecule has 8 nitrogen and oxygen atoms in total. The highest BCUT2D eigenvalue weighted by atomic mass is 16.2. The van der Waals surface area contributed by atoms with Crippen LogP contribution in [0.15, 0.2) is 52.2 Å². The van der Waals surface area contributed by atoms with E-state index in [-0.39, 0.29) is 12.5 Å². The minimum Gasteiger partial charge on any atom is -0.355 e. The molecule has 2 N–H and O–H groups in total. The van der Waals surface area contributed by atoms with Gasteiger partial charge in [-0.25, -0.2) is 4.79 Å². The van der Waals surface area contributed by atoms with E-state index in [1.54, 1.807) is 6.92 Å². The summed E-state index contributed by atoms with van der Waals surface area (Å²) in [6.45, 7) is 3.59. The largest absolute Gasteiger partial charge is 0.355 e. The van der Waals surface area contributed by atoms with Crippen molar-refractivity contribution in [2.24, 2.45) is 0 Å². The van der Waals surface area contributed by atoms with Crippen molar-refractivity contribution in [3.8, 4) is 0 Å². The Morgan fingerprint density at radius 2 is 1.81 bits per heavy atom. The Balaban J connectivity index is 2.15. The minimum atomic E-state index is -0.756. The van der Waals surface area contributed by atoms with Crippen LogP contribution in [0.3, 0.4) is 0 Å². The number of hydrogen-bond acceptors (Lipinski definition) is 4. The summed E-state index contributed by atoms with van der Waals surface area (Å²) in [6.07, 6.45) is 1.41. The predicted octanol–water partition coefficient (Wildman–Crippen LogP) is -0.301. The summed E-state index contributed by atoms with van der Waals surface area (Å²) in [5.74, 6) is -0.914. The van der Waals surface area contributed by atoms with E-state index >= 15 is 0 Å². The van der Waals surface area contributed by atoms with Crippen LogP contribution in [0.25, 0.3) is 0 Å². The minimum absolute atomic E-state index is 0.289. The van der Waals surface area contributed by atoms with Crippen LogP contribution in [-0.2, 0) is 22.7 Å². The molecule has 0 aliphatic carbocycles. The molecule has 1 aromatic carbocycles. The van der Waals surface area contributed by atoms with E-state index in [4.69, 9.17) is 0 Å². The fourth-order valence-corrected chi connectivity index (χ4v) is 2.43. The SMILES string of the molecule is CCNC(=O)[C@H](C)NC(=O)Cn1c(=O)ccn(Cc2ccccc2)c1=O. The van der Waals surface area contributed by atoms with Gasteiger partial charge in [0.15, 0.2) is 0 Å². The van der Waals surface area contributed by atoms with E-state index in [1.807, 2.05) is 30.3 Å². The Labute approximate surface area is 150 Å². The van der Waals surface area contributed by atoms with Gasteiger partial charge in [-0.3, -0.25) is 23.5 Å². The molecule has 0 bridgehead atoms. The average molecular weight is 358 g/mol. The third kappa shape index (κ3) is 4.92. The summed E-state index contributed by atoms with van der Waals surface area (Å²) >= 11 is 0. The number of hydrogen-bond donors (Lipinski definition) is 2. The fourth-order valence-electron chi connectivity index (χ4n) is 2.43. The van der Waals surface area contributed by atoms with Gasteiger partial charge in [0.1, 0.15) is 12.6 Å². The van der Waals surface area contributed by atoms with Crippen LogP contribution < -0.4 is 21.9 Å². The van der Waals surface area contributed by atoms with Crippen LogP contribution >= 0.6 is 0 Å². The fraction of sp³-hybridized carbons (Fsp3) is 0.333. The maximum absolute atomic E-state index is 12.5. The molecular formula is C18H22N4O4. The smallest absolute Gasteiger partial charge is 0.331 e. The third-order valence-electron chi connectivity index (χ3n) is 3.76. The van der Waals surface area contributed by atoms with Crippen LogP contribution in [-0.4, -0.2) is 33.5 Å². The molecule has 1 heterocycles. The van der Waals surface area contributed by atoms with E-state index in [0.717, 1.165) is 10.1 Å². The monoisotopic (exact) mass is 358 g/mol. The number of benzene rings is 1. The zero-order chi connectivity index (χ0) is 19.1. The van der Waals surface area contributed by atoms with Gasteiger partial charge in [0.05, 0.1) is 6.54 Å². The van der Waals surface area contributed by atoms with Crippen LogP contribution in [0.5, 0.6) is 0 Å². The summed E-state index contributed by atoms with van der Waals surface area (Å²) in [4.78, 5) is 48.3. The maximum Gasteiger partial charge on any atom is 0.331 e. The Hall–Kier alpha value is -3.16. The van der Waals surface area contributed by atoms with Gasteiger partial charge >= 0.3 is 5.69 Å². The topological polar surface area (TPSA) is 102 Å². The predicted molar refractivity (Wildman–Crippen MR) is 96.8 cm³/mol. The molecular weight excluding hydrogens is 336 g/mol. The standard InChI is InChI=1S/C18H22N4O4/c1-3-19-17(25)13(2)20-15(23)12-22-16(24)9-10-21(18(22)26)11-14-7-5-4-6-8-14/h4-10,13H,3,11-12H2,1-2H3,(H,19,25)(H,20,23)/t13-/m0/s1. The average Bonchev–Trinajstić information content (AvgIpc) is 2.62. The van der Waals surface area contributed by atoms with E-state index < -0.39 is 29.7 Å². The molecule has 26 heavy (non-hydrogen) atoms. The van der Waals surface area contributed by atoms with Gasteiger partial charge in [-0.15, -0.1) is 0 Å². The highest BCUT2D eigenvalue weighted by Crippen LogP contribution is 1.99. The Morgan fingerprint density at radius 3 is 2.46 bits per heavy atom. The van der Waals surface area contributed by atoms with E-state index in [2.05, 4.69) is 10.6 Å². The molecule has 1 aromatic heterocycles. The first-order chi connectivity index (χ1) is 12.4.